The predicted octanol–water partition coefficient (Wildman–Crippen LogP) is -2.07. The van der Waals surface area contributed by atoms with Gasteiger partial charge in [0.25, 0.3) is 10.1 Å². The number of benzene rings is 1. The van der Waals surface area contributed by atoms with Crippen LogP contribution in [-0.4, -0.2) is 80.4 Å². The molecule has 1 N–H and O–H groups in total. The number of hydrogen-bond donors (Lipinski definition) is 1. The van der Waals surface area contributed by atoms with E-state index in [4.69, 9.17) is 9.29 Å². The van der Waals surface area contributed by atoms with E-state index in [9.17, 15) is 31.2 Å². The second-order valence-corrected chi connectivity index (χ2v) is 10.0. The van der Waals surface area contributed by atoms with Crippen molar-refractivity contribution in [2.75, 3.05) is 5.75 Å². The Labute approximate surface area is 200 Å². The first-order valence-electron chi connectivity index (χ1n) is 11.3. The van der Waals surface area contributed by atoms with Crippen LogP contribution in [0.5, 0.6) is 0 Å². The lowest BCUT2D eigenvalue weighted by molar-refractivity contribution is -0.197. The van der Waals surface area contributed by atoms with Crippen molar-refractivity contribution < 1.29 is 45.2 Å². The summed E-state index contributed by atoms with van der Waals surface area (Å²) in [6.07, 6.45) is -3.91. The molecule has 15 heteroatoms. The molecule has 1 unspecified atom stereocenters. The highest BCUT2D eigenvalue weighted by Gasteiger charge is 2.46. The van der Waals surface area contributed by atoms with Crippen LogP contribution in [0.15, 0.2) is 0 Å². The molecule has 2 rings (SSSR count). The Hall–Kier alpha value is -1.88. The van der Waals surface area contributed by atoms with Crippen LogP contribution in [0.2, 0.25) is 0 Å². The molecule has 1 saturated carbocycles. The van der Waals surface area contributed by atoms with Crippen LogP contribution in [-0.2, 0) is 32.2 Å². The third-order valence-electron chi connectivity index (χ3n) is 6.20. The van der Waals surface area contributed by atoms with Gasteiger partial charge in [0.1, 0.15) is 43.2 Å². The first kappa shape index (κ1) is 28.4. The minimum Gasteiger partial charge on any atom is -0.459 e. The topological polar surface area (TPSA) is 107 Å². The molecule has 1 aromatic rings. The minimum absolute atomic E-state index is 0.164. The fourth-order valence-electron chi connectivity index (χ4n) is 4.56. The number of halogens is 3. The SMILES string of the molecule is BCc1c(B)c(CB)c(C(=O)OC(CS(=O)(=O)O)C(F)(F)F)c(C(=O)OC2CCCCC2)c1B. The van der Waals surface area contributed by atoms with Crippen molar-refractivity contribution in [1.82, 2.24) is 0 Å². The molecule has 0 heterocycles. The van der Waals surface area contributed by atoms with Gasteiger partial charge in [-0.05, 0) is 31.2 Å². The number of carbonyl (C=O) groups is 2. The average molecular weight is 500 g/mol. The summed E-state index contributed by atoms with van der Waals surface area (Å²) in [5.74, 6) is -4.16. The van der Waals surface area contributed by atoms with E-state index in [1.165, 1.54) is 0 Å². The van der Waals surface area contributed by atoms with Gasteiger partial charge in [-0.25, -0.2) is 9.59 Å². The number of carbonyl (C=O) groups excluding carboxylic acids is 2. The van der Waals surface area contributed by atoms with Crippen LogP contribution in [0.25, 0.3) is 0 Å². The molecule has 0 aliphatic heterocycles. The van der Waals surface area contributed by atoms with Crippen LogP contribution < -0.4 is 10.9 Å². The number of rotatable bonds is 8. The smallest absolute Gasteiger partial charge is 0.426 e. The Bertz CT molecular complexity index is 1040. The standard InChI is InChI=1S/C19H27B4F3O7S/c20-6-10-13(17(27)33-12(19(24,25)26)8-34(29,30)31)14(16(23)11(7-21)15(10)22)18(28)32-9-4-2-1-3-5-9/h9,12H,1-8,20-23H2,(H,29,30,31). The van der Waals surface area contributed by atoms with Gasteiger partial charge in [-0.3, -0.25) is 4.55 Å². The van der Waals surface area contributed by atoms with Gasteiger partial charge in [-0.1, -0.05) is 35.6 Å². The highest BCUT2D eigenvalue weighted by atomic mass is 32.2. The zero-order valence-corrected chi connectivity index (χ0v) is 20.6. The van der Waals surface area contributed by atoms with Gasteiger partial charge in [-0.2, -0.15) is 21.6 Å². The van der Waals surface area contributed by atoms with Gasteiger partial charge >= 0.3 is 18.1 Å². The van der Waals surface area contributed by atoms with Crippen LogP contribution in [0.1, 0.15) is 63.9 Å². The Kier molecular flexibility index (Phi) is 9.37. The summed E-state index contributed by atoms with van der Waals surface area (Å²) in [6, 6.07) is 0. The molecular weight excluding hydrogens is 473 g/mol. The minimum atomic E-state index is -5.26. The van der Waals surface area contributed by atoms with Gasteiger partial charge < -0.3 is 9.47 Å². The van der Waals surface area contributed by atoms with Gasteiger partial charge in [0, 0.05) is 0 Å². The summed E-state index contributed by atoms with van der Waals surface area (Å²) in [6.45, 7) is 0. The zero-order chi connectivity index (χ0) is 25.8. The van der Waals surface area contributed by atoms with Crippen molar-refractivity contribution in [3.8, 4) is 0 Å². The van der Waals surface area contributed by atoms with Crippen LogP contribution in [0.4, 0.5) is 13.2 Å². The highest BCUT2D eigenvalue weighted by molar-refractivity contribution is 7.85. The molecule has 0 aromatic heterocycles. The molecule has 1 fully saturated rings. The number of esters is 2. The van der Waals surface area contributed by atoms with E-state index in [2.05, 4.69) is 4.74 Å². The van der Waals surface area contributed by atoms with Gasteiger partial charge in [0.2, 0.25) is 6.10 Å². The molecule has 1 aliphatic carbocycles. The van der Waals surface area contributed by atoms with E-state index in [-0.39, 0.29) is 23.6 Å². The summed E-state index contributed by atoms with van der Waals surface area (Å²) in [4.78, 5) is 26.3. The lowest BCUT2D eigenvalue weighted by Crippen LogP contribution is -2.42. The molecule has 1 atom stereocenters. The van der Waals surface area contributed by atoms with Crippen LogP contribution in [0, 0.1) is 0 Å². The Morgan fingerprint density at radius 1 is 0.971 bits per heavy atom. The summed E-state index contributed by atoms with van der Waals surface area (Å²) >= 11 is 0. The van der Waals surface area contributed by atoms with Crippen molar-refractivity contribution in [3.63, 3.8) is 0 Å². The van der Waals surface area contributed by atoms with Gasteiger partial charge in [0.05, 0.1) is 11.1 Å². The third kappa shape index (κ3) is 6.84. The van der Waals surface area contributed by atoms with Gasteiger partial charge in [0.15, 0.2) is 0 Å². The van der Waals surface area contributed by atoms with Crippen molar-refractivity contribution in [3.05, 3.63) is 22.3 Å². The second-order valence-electron chi connectivity index (χ2n) is 8.51. The van der Waals surface area contributed by atoms with Crippen molar-refractivity contribution >= 4 is 64.4 Å². The average Bonchev–Trinajstić information content (AvgIpc) is 2.72. The largest absolute Gasteiger partial charge is 0.459 e. The van der Waals surface area contributed by atoms with E-state index in [0.29, 0.717) is 35.7 Å². The number of ether oxygens (including phenoxy) is 2. The van der Waals surface area contributed by atoms with E-state index < -0.39 is 40.1 Å². The number of hydrogen-bond acceptors (Lipinski definition) is 6. The highest BCUT2D eigenvalue weighted by Crippen LogP contribution is 2.27. The van der Waals surface area contributed by atoms with E-state index >= 15 is 0 Å². The fraction of sp³-hybridized carbons (Fsp3) is 0.579. The molecule has 34 heavy (non-hydrogen) atoms. The summed E-state index contributed by atoms with van der Waals surface area (Å²) in [5, 5.41) is 0. The van der Waals surface area contributed by atoms with Crippen molar-refractivity contribution in [2.45, 2.75) is 63.1 Å². The first-order valence-corrected chi connectivity index (χ1v) is 12.9. The lowest BCUT2D eigenvalue weighted by Gasteiger charge is -2.26. The normalized spacial score (nSPS) is 16.1. The molecule has 1 aliphatic rings. The van der Waals surface area contributed by atoms with E-state index in [1.807, 2.05) is 7.85 Å². The molecule has 0 radical (unpaired) electrons. The molecule has 184 valence electrons. The zero-order valence-electron chi connectivity index (χ0n) is 19.8. The predicted molar refractivity (Wildman–Crippen MR) is 131 cm³/mol. The van der Waals surface area contributed by atoms with Crippen molar-refractivity contribution in [2.24, 2.45) is 0 Å². The van der Waals surface area contributed by atoms with E-state index in [1.54, 1.807) is 23.5 Å². The molecule has 0 amide bonds. The maximum atomic E-state index is 13.4. The Morgan fingerprint density at radius 3 is 2.00 bits per heavy atom. The molecule has 0 saturated heterocycles. The first-order chi connectivity index (χ1) is 15.7. The fourth-order valence-corrected chi connectivity index (χ4v) is 5.20. The molecular formula is C19H27B4F3O7S. The monoisotopic (exact) mass is 500 g/mol. The van der Waals surface area contributed by atoms with E-state index in [0.717, 1.165) is 24.8 Å². The lowest BCUT2D eigenvalue weighted by atomic mass is 9.68. The molecule has 0 spiro atoms. The molecule has 0 bridgehead atoms. The Morgan fingerprint density at radius 2 is 1.53 bits per heavy atom. The van der Waals surface area contributed by atoms with Crippen LogP contribution in [0.3, 0.4) is 0 Å². The number of alkyl halides is 3. The van der Waals surface area contributed by atoms with Gasteiger partial charge in [-0.15, -0.1) is 0 Å². The van der Waals surface area contributed by atoms with Crippen molar-refractivity contribution in [1.29, 1.82) is 0 Å². The summed E-state index contributed by atoms with van der Waals surface area (Å²) < 4.78 is 81.6. The maximum Gasteiger partial charge on any atom is 0.426 e. The summed E-state index contributed by atoms with van der Waals surface area (Å²) in [7, 11) is 1.73. The molecule has 7 nitrogen and oxygen atoms in total. The quantitative estimate of drug-likeness (QED) is 0.249. The third-order valence-corrected chi connectivity index (χ3v) is 6.93. The summed E-state index contributed by atoms with van der Waals surface area (Å²) in [5.41, 5.74) is 1.62. The molecule has 1 aromatic carbocycles. The maximum absolute atomic E-state index is 13.4. The second kappa shape index (κ2) is 11.2. The Balaban J connectivity index is 2.61. The van der Waals surface area contributed by atoms with Crippen LogP contribution >= 0.6 is 0 Å².